The zero-order valence-corrected chi connectivity index (χ0v) is 14.5. The molecule has 2 aromatic carbocycles. The highest BCUT2D eigenvalue weighted by atomic mass is 32.2. The van der Waals surface area contributed by atoms with Crippen LogP contribution in [-0.2, 0) is 10.0 Å². The van der Waals surface area contributed by atoms with E-state index in [0.29, 0.717) is 24.2 Å². The fourth-order valence-corrected chi connectivity index (χ4v) is 4.01. The first-order chi connectivity index (χ1) is 11.4. The van der Waals surface area contributed by atoms with E-state index in [2.05, 4.69) is 5.32 Å². The number of benzene rings is 2. The lowest BCUT2D eigenvalue weighted by Gasteiger charge is -2.34. The maximum absolute atomic E-state index is 12.5. The highest BCUT2D eigenvalue weighted by Gasteiger charge is 2.30. The van der Waals surface area contributed by atoms with E-state index in [4.69, 9.17) is 0 Å². The number of anilines is 1. The molecule has 1 atom stereocenters. The van der Waals surface area contributed by atoms with Crippen molar-refractivity contribution in [1.82, 2.24) is 5.32 Å². The highest BCUT2D eigenvalue weighted by Crippen LogP contribution is 2.35. The van der Waals surface area contributed by atoms with E-state index in [9.17, 15) is 13.2 Å². The van der Waals surface area contributed by atoms with Gasteiger partial charge in [-0.15, -0.1) is 0 Å². The smallest absolute Gasteiger partial charge is 0.251 e. The van der Waals surface area contributed by atoms with Crippen molar-refractivity contribution in [3.63, 3.8) is 0 Å². The van der Waals surface area contributed by atoms with Gasteiger partial charge in [0.15, 0.2) is 0 Å². The van der Waals surface area contributed by atoms with E-state index in [1.807, 2.05) is 43.3 Å². The van der Waals surface area contributed by atoms with Gasteiger partial charge in [-0.3, -0.25) is 9.10 Å². The fourth-order valence-electron chi connectivity index (χ4n) is 3.05. The summed E-state index contributed by atoms with van der Waals surface area (Å²) in [6, 6.07) is 14.5. The molecule has 6 heteroatoms. The van der Waals surface area contributed by atoms with Gasteiger partial charge in [0.05, 0.1) is 18.0 Å². The quantitative estimate of drug-likeness (QED) is 0.931. The second-order valence-corrected chi connectivity index (χ2v) is 7.98. The van der Waals surface area contributed by atoms with Crippen molar-refractivity contribution in [3.05, 3.63) is 65.2 Å². The molecule has 0 spiro atoms. The van der Waals surface area contributed by atoms with Gasteiger partial charge in [-0.2, -0.15) is 0 Å². The van der Waals surface area contributed by atoms with Crippen LogP contribution in [0, 0.1) is 6.92 Å². The van der Waals surface area contributed by atoms with Gasteiger partial charge in [0.1, 0.15) is 0 Å². The van der Waals surface area contributed by atoms with Gasteiger partial charge < -0.3 is 5.32 Å². The second kappa shape index (κ2) is 6.28. The van der Waals surface area contributed by atoms with Crippen LogP contribution in [0.3, 0.4) is 0 Å². The first-order valence-corrected chi connectivity index (χ1v) is 9.65. The number of nitrogens with one attached hydrogen (secondary N) is 1. The molecule has 1 heterocycles. The van der Waals surface area contributed by atoms with E-state index >= 15 is 0 Å². The Morgan fingerprint density at radius 2 is 1.92 bits per heavy atom. The Morgan fingerprint density at radius 1 is 1.17 bits per heavy atom. The number of aryl methyl sites for hydroxylation is 1. The normalized spacial score (nSPS) is 17.2. The molecule has 0 fully saturated rings. The van der Waals surface area contributed by atoms with Crippen LogP contribution in [0.1, 0.15) is 33.9 Å². The topological polar surface area (TPSA) is 66.5 Å². The minimum Gasteiger partial charge on any atom is -0.345 e. The third-order valence-electron chi connectivity index (χ3n) is 4.19. The van der Waals surface area contributed by atoms with Crippen molar-refractivity contribution in [3.8, 4) is 0 Å². The Hall–Kier alpha value is -2.34. The Morgan fingerprint density at radius 3 is 2.62 bits per heavy atom. The van der Waals surface area contributed by atoms with Crippen LogP contribution in [0.15, 0.2) is 48.5 Å². The van der Waals surface area contributed by atoms with E-state index in [1.165, 1.54) is 10.6 Å². The summed E-state index contributed by atoms with van der Waals surface area (Å²) in [6.07, 6.45) is 1.75. The number of sulfonamides is 1. The van der Waals surface area contributed by atoms with Crippen LogP contribution in [0.25, 0.3) is 0 Å². The fraction of sp³-hybridized carbons (Fsp3) is 0.278. The monoisotopic (exact) mass is 344 g/mol. The number of nitrogens with zero attached hydrogens (tertiary/aromatic N) is 1. The molecule has 0 saturated heterocycles. The second-order valence-electron chi connectivity index (χ2n) is 6.08. The van der Waals surface area contributed by atoms with Crippen LogP contribution in [-0.4, -0.2) is 27.1 Å². The minimum absolute atomic E-state index is 0.147. The molecule has 0 aromatic heterocycles. The first-order valence-electron chi connectivity index (χ1n) is 7.80. The number of para-hydroxylation sites is 1. The molecular weight excluding hydrogens is 324 g/mol. The summed E-state index contributed by atoms with van der Waals surface area (Å²) in [6.45, 7) is 2.30. The summed E-state index contributed by atoms with van der Waals surface area (Å²) < 4.78 is 25.4. The molecule has 2 aromatic rings. The Labute approximate surface area is 142 Å². The lowest BCUT2D eigenvalue weighted by atomic mass is 9.97. The van der Waals surface area contributed by atoms with E-state index < -0.39 is 10.0 Å². The summed E-state index contributed by atoms with van der Waals surface area (Å²) in [5, 5.41) is 3.03. The summed E-state index contributed by atoms with van der Waals surface area (Å²) in [5.41, 5.74) is 3.10. The number of hydrogen-bond donors (Lipinski definition) is 1. The van der Waals surface area contributed by atoms with Gasteiger partial charge in [0.25, 0.3) is 5.91 Å². The van der Waals surface area contributed by atoms with Crippen LogP contribution in [0.2, 0.25) is 0 Å². The number of hydrogen-bond acceptors (Lipinski definition) is 3. The van der Waals surface area contributed by atoms with Crippen molar-refractivity contribution in [1.29, 1.82) is 0 Å². The largest absolute Gasteiger partial charge is 0.345 e. The molecule has 1 N–H and O–H groups in total. The Kier molecular flexibility index (Phi) is 4.32. The van der Waals surface area contributed by atoms with Gasteiger partial charge in [0.2, 0.25) is 10.0 Å². The summed E-state index contributed by atoms with van der Waals surface area (Å²) >= 11 is 0. The summed E-state index contributed by atoms with van der Waals surface area (Å²) in [5.74, 6) is -0.147. The highest BCUT2D eigenvalue weighted by molar-refractivity contribution is 7.92. The number of fused-ring (bicyclic) bond motifs is 1. The third-order valence-corrected chi connectivity index (χ3v) is 5.37. The molecule has 1 unspecified atom stereocenters. The molecule has 5 nitrogen and oxygen atoms in total. The molecule has 0 bridgehead atoms. The van der Waals surface area contributed by atoms with Gasteiger partial charge in [-0.25, -0.2) is 8.42 Å². The maximum Gasteiger partial charge on any atom is 0.251 e. The standard InChI is InChI=1S/C18H20N2O3S/c1-13-6-5-7-14(12-13)18(21)19-16-10-11-20(24(2,22)23)17-9-4-3-8-15(16)17/h3-9,12,16H,10-11H2,1-2H3,(H,19,21). The lowest BCUT2D eigenvalue weighted by molar-refractivity contribution is 0.0934. The molecule has 24 heavy (non-hydrogen) atoms. The van der Waals surface area contributed by atoms with E-state index in [-0.39, 0.29) is 11.9 Å². The molecule has 126 valence electrons. The summed E-state index contributed by atoms with van der Waals surface area (Å²) in [7, 11) is -3.33. The zero-order chi connectivity index (χ0) is 17.3. The molecule has 3 rings (SSSR count). The summed E-state index contributed by atoms with van der Waals surface area (Å²) in [4.78, 5) is 12.5. The van der Waals surface area contributed by atoms with E-state index in [0.717, 1.165) is 11.1 Å². The average Bonchev–Trinajstić information content (AvgIpc) is 2.54. The van der Waals surface area contributed by atoms with Crippen molar-refractivity contribution < 1.29 is 13.2 Å². The number of carbonyl (C=O) groups excluding carboxylic acids is 1. The number of carbonyl (C=O) groups is 1. The molecule has 1 aliphatic rings. The van der Waals surface area contributed by atoms with Crippen molar-refractivity contribution in [2.75, 3.05) is 17.1 Å². The third kappa shape index (κ3) is 3.28. The van der Waals surface area contributed by atoms with E-state index in [1.54, 1.807) is 12.1 Å². The molecular formula is C18H20N2O3S. The van der Waals surface area contributed by atoms with Gasteiger partial charge >= 0.3 is 0 Å². The minimum atomic E-state index is -3.33. The SMILES string of the molecule is Cc1cccc(C(=O)NC2CCN(S(C)(=O)=O)c3ccccc32)c1. The first kappa shape index (κ1) is 16.5. The molecule has 0 radical (unpaired) electrons. The average molecular weight is 344 g/mol. The maximum atomic E-state index is 12.5. The predicted octanol–water partition coefficient (Wildman–Crippen LogP) is 2.64. The number of amides is 1. The Balaban J connectivity index is 1.89. The van der Waals surface area contributed by atoms with Crippen molar-refractivity contribution in [2.24, 2.45) is 0 Å². The van der Waals surface area contributed by atoms with Crippen molar-refractivity contribution in [2.45, 2.75) is 19.4 Å². The number of rotatable bonds is 3. The molecule has 0 saturated carbocycles. The van der Waals surface area contributed by atoms with Gasteiger partial charge in [-0.05, 0) is 37.1 Å². The van der Waals surface area contributed by atoms with Crippen LogP contribution >= 0.6 is 0 Å². The zero-order valence-electron chi connectivity index (χ0n) is 13.7. The van der Waals surface area contributed by atoms with Gasteiger partial charge in [0, 0.05) is 12.1 Å². The van der Waals surface area contributed by atoms with Crippen LogP contribution in [0.4, 0.5) is 5.69 Å². The van der Waals surface area contributed by atoms with Crippen molar-refractivity contribution >= 4 is 21.6 Å². The predicted molar refractivity (Wildman–Crippen MR) is 94.6 cm³/mol. The molecule has 1 aliphatic heterocycles. The lowest BCUT2D eigenvalue weighted by Crippen LogP contribution is -2.40. The van der Waals surface area contributed by atoms with Crippen LogP contribution < -0.4 is 9.62 Å². The van der Waals surface area contributed by atoms with Crippen LogP contribution in [0.5, 0.6) is 0 Å². The molecule has 0 aliphatic carbocycles. The molecule has 1 amide bonds. The van der Waals surface area contributed by atoms with Gasteiger partial charge in [-0.1, -0.05) is 35.9 Å². The Bertz CT molecular complexity index is 877.